The predicted octanol–water partition coefficient (Wildman–Crippen LogP) is 4.19. The highest BCUT2D eigenvalue weighted by atomic mass is 35.5. The van der Waals surface area contributed by atoms with E-state index < -0.39 is 11.8 Å². The maximum atomic E-state index is 12.5. The van der Waals surface area contributed by atoms with Crippen LogP contribution in [0.15, 0.2) is 48.5 Å². The van der Waals surface area contributed by atoms with Crippen molar-refractivity contribution >= 4 is 35.0 Å². The Morgan fingerprint density at radius 2 is 1.58 bits per heavy atom. The van der Waals surface area contributed by atoms with Crippen LogP contribution in [0.5, 0.6) is 0 Å². The molecule has 2 aromatic rings. The summed E-state index contributed by atoms with van der Waals surface area (Å²) in [6, 6.07) is 13.6. The predicted molar refractivity (Wildman–Crippen MR) is 96.1 cm³/mol. The summed E-state index contributed by atoms with van der Waals surface area (Å²) in [5.41, 5.74) is 6.11. The number of carbonyl (C=O) groups excluding carboxylic acids is 2. The van der Waals surface area contributed by atoms with Crippen LogP contribution < -0.4 is 10.9 Å². The van der Waals surface area contributed by atoms with Crippen LogP contribution in [0.1, 0.15) is 35.7 Å². The first-order valence-corrected chi connectivity index (χ1v) is 8.25. The van der Waals surface area contributed by atoms with Crippen LogP contribution in [0.2, 0.25) is 10.0 Å². The first-order chi connectivity index (χ1) is 11.4. The number of benzene rings is 2. The maximum absolute atomic E-state index is 12.5. The van der Waals surface area contributed by atoms with Crippen molar-refractivity contribution in [1.29, 1.82) is 0 Å². The number of hydrogen-bond acceptors (Lipinski definition) is 2. The van der Waals surface area contributed by atoms with Crippen LogP contribution in [-0.4, -0.2) is 11.8 Å². The smallest absolute Gasteiger partial charge is 0.269 e. The van der Waals surface area contributed by atoms with Crippen LogP contribution >= 0.6 is 23.2 Å². The number of rotatable bonds is 4. The van der Waals surface area contributed by atoms with Crippen LogP contribution in [0, 0.1) is 5.92 Å². The van der Waals surface area contributed by atoms with Gasteiger partial charge in [-0.25, -0.2) is 0 Å². The normalized spacial score (nSPS) is 11.9. The van der Waals surface area contributed by atoms with Crippen molar-refractivity contribution < 1.29 is 9.59 Å². The highest BCUT2D eigenvalue weighted by Gasteiger charge is 2.24. The van der Waals surface area contributed by atoms with Crippen LogP contribution in [0.3, 0.4) is 0 Å². The van der Waals surface area contributed by atoms with Crippen molar-refractivity contribution in [3.8, 4) is 0 Å². The van der Waals surface area contributed by atoms with E-state index in [9.17, 15) is 9.59 Å². The minimum atomic E-state index is -0.426. The third-order valence-corrected chi connectivity index (χ3v) is 4.05. The minimum absolute atomic E-state index is 0.0502. The van der Waals surface area contributed by atoms with E-state index in [1.165, 1.54) is 6.07 Å². The molecule has 0 radical (unpaired) electrons. The lowest BCUT2D eigenvalue weighted by atomic mass is 9.88. The van der Waals surface area contributed by atoms with Gasteiger partial charge in [-0.05, 0) is 41.8 Å². The standard InChI is InChI=1S/C18H18Cl2N2O2/c1-11(2)16(12-6-8-14(19)9-7-12)18(24)22-21-17(23)13-4-3-5-15(20)10-13/h3-11,16H,1-2H3,(H,21,23)(H,22,24)/t16-/m0/s1. The molecule has 4 nitrogen and oxygen atoms in total. The second-order valence-electron chi connectivity index (χ2n) is 5.73. The molecule has 24 heavy (non-hydrogen) atoms. The highest BCUT2D eigenvalue weighted by molar-refractivity contribution is 6.31. The van der Waals surface area contributed by atoms with Gasteiger partial charge in [0.05, 0.1) is 5.92 Å². The fraction of sp³-hybridized carbons (Fsp3) is 0.222. The molecule has 0 aliphatic carbocycles. The summed E-state index contributed by atoms with van der Waals surface area (Å²) >= 11 is 11.7. The van der Waals surface area contributed by atoms with Gasteiger partial charge >= 0.3 is 0 Å². The molecule has 1 atom stereocenters. The molecule has 0 unspecified atom stereocenters. The van der Waals surface area contributed by atoms with Gasteiger partial charge in [-0.1, -0.05) is 55.2 Å². The molecule has 0 saturated heterocycles. The Bertz CT molecular complexity index is 730. The lowest BCUT2D eigenvalue weighted by Crippen LogP contribution is -2.44. The molecule has 0 aromatic heterocycles. The quantitative estimate of drug-likeness (QED) is 0.798. The average molecular weight is 365 g/mol. The first-order valence-electron chi connectivity index (χ1n) is 7.49. The Labute approximate surface area is 151 Å². The summed E-state index contributed by atoms with van der Waals surface area (Å²) in [4.78, 5) is 24.6. The molecule has 0 bridgehead atoms. The van der Waals surface area contributed by atoms with Crippen molar-refractivity contribution in [2.75, 3.05) is 0 Å². The number of nitrogens with one attached hydrogen (secondary N) is 2. The van der Waals surface area contributed by atoms with Gasteiger partial charge in [0.1, 0.15) is 0 Å². The van der Waals surface area contributed by atoms with Crippen molar-refractivity contribution in [2.45, 2.75) is 19.8 Å². The van der Waals surface area contributed by atoms with Gasteiger partial charge in [-0.3, -0.25) is 20.4 Å². The lowest BCUT2D eigenvalue weighted by molar-refractivity contribution is -0.124. The molecule has 0 aliphatic rings. The van der Waals surface area contributed by atoms with Gasteiger partial charge in [0.25, 0.3) is 5.91 Å². The number of carbonyl (C=O) groups is 2. The fourth-order valence-corrected chi connectivity index (χ4v) is 2.72. The van der Waals surface area contributed by atoms with Gasteiger partial charge < -0.3 is 0 Å². The molecule has 2 N–H and O–H groups in total. The number of amides is 2. The van der Waals surface area contributed by atoms with E-state index in [1.54, 1.807) is 30.3 Å². The van der Waals surface area contributed by atoms with E-state index in [0.717, 1.165) is 5.56 Å². The SMILES string of the molecule is CC(C)[C@H](C(=O)NNC(=O)c1cccc(Cl)c1)c1ccc(Cl)cc1. The van der Waals surface area contributed by atoms with Gasteiger partial charge in [-0.2, -0.15) is 0 Å². The van der Waals surface area contributed by atoms with Crippen LogP contribution in [0.25, 0.3) is 0 Å². The Morgan fingerprint density at radius 3 is 2.17 bits per heavy atom. The van der Waals surface area contributed by atoms with Gasteiger partial charge in [-0.15, -0.1) is 0 Å². The fourth-order valence-electron chi connectivity index (χ4n) is 2.41. The zero-order valence-corrected chi connectivity index (χ0v) is 14.9. The second-order valence-corrected chi connectivity index (χ2v) is 6.60. The molecule has 2 aromatic carbocycles. The topological polar surface area (TPSA) is 58.2 Å². The Morgan fingerprint density at radius 1 is 0.917 bits per heavy atom. The molecule has 0 aliphatic heterocycles. The molecule has 2 rings (SSSR count). The Balaban J connectivity index is 2.06. The molecule has 0 saturated carbocycles. The molecule has 0 heterocycles. The first kappa shape index (κ1) is 18.3. The van der Waals surface area contributed by atoms with E-state index >= 15 is 0 Å². The molecule has 0 spiro atoms. The van der Waals surface area contributed by atoms with Crippen molar-refractivity contribution in [3.05, 3.63) is 69.7 Å². The molecule has 0 fully saturated rings. The van der Waals surface area contributed by atoms with Crippen molar-refractivity contribution in [3.63, 3.8) is 0 Å². The zero-order valence-electron chi connectivity index (χ0n) is 13.3. The largest absolute Gasteiger partial charge is 0.273 e. The summed E-state index contributed by atoms with van der Waals surface area (Å²) in [7, 11) is 0. The van der Waals surface area contributed by atoms with E-state index in [1.807, 2.05) is 26.0 Å². The van der Waals surface area contributed by atoms with Crippen molar-refractivity contribution in [2.24, 2.45) is 5.92 Å². The highest BCUT2D eigenvalue weighted by Crippen LogP contribution is 2.25. The van der Waals surface area contributed by atoms with Gasteiger partial charge in [0.2, 0.25) is 5.91 Å². The van der Waals surface area contributed by atoms with E-state index in [4.69, 9.17) is 23.2 Å². The summed E-state index contributed by atoms with van der Waals surface area (Å²) in [5.74, 6) is -1.07. The third-order valence-electron chi connectivity index (χ3n) is 3.56. The Hall–Kier alpha value is -2.04. The lowest BCUT2D eigenvalue weighted by Gasteiger charge is -2.21. The van der Waals surface area contributed by atoms with Crippen LogP contribution in [-0.2, 0) is 4.79 Å². The van der Waals surface area contributed by atoms with Crippen LogP contribution in [0.4, 0.5) is 0 Å². The van der Waals surface area contributed by atoms with E-state index in [-0.39, 0.29) is 11.8 Å². The molecule has 2 amide bonds. The summed E-state index contributed by atoms with van der Waals surface area (Å²) < 4.78 is 0. The van der Waals surface area contributed by atoms with E-state index in [2.05, 4.69) is 10.9 Å². The summed E-state index contributed by atoms with van der Waals surface area (Å²) in [6.07, 6.45) is 0. The molecular weight excluding hydrogens is 347 g/mol. The number of hydrazine groups is 1. The molecular formula is C18H18Cl2N2O2. The summed E-state index contributed by atoms with van der Waals surface area (Å²) in [5, 5.41) is 1.06. The molecule has 6 heteroatoms. The third kappa shape index (κ3) is 4.73. The zero-order chi connectivity index (χ0) is 17.7. The average Bonchev–Trinajstić information content (AvgIpc) is 2.54. The monoisotopic (exact) mass is 364 g/mol. The van der Waals surface area contributed by atoms with E-state index in [0.29, 0.717) is 15.6 Å². The van der Waals surface area contributed by atoms with Crippen molar-refractivity contribution in [1.82, 2.24) is 10.9 Å². The van der Waals surface area contributed by atoms with Gasteiger partial charge in [0, 0.05) is 15.6 Å². The van der Waals surface area contributed by atoms with Gasteiger partial charge in [0.15, 0.2) is 0 Å². The summed E-state index contributed by atoms with van der Waals surface area (Å²) in [6.45, 7) is 3.88. The molecule has 126 valence electrons. The number of hydrogen-bond donors (Lipinski definition) is 2. The second kappa shape index (κ2) is 8.18. The maximum Gasteiger partial charge on any atom is 0.269 e. The number of halogens is 2. The Kier molecular flexibility index (Phi) is 6.23. The minimum Gasteiger partial charge on any atom is -0.273 e.